The molecule has 2 atom stereocenters. The highest BCUT2D eigenvalue weighted by atomic mass is 16.4. The Morgan fingerprint density at radius 3 is 2.62 bits per heavy atom. The van der Waals surface area contributed by atoms with E-state index in [1.807, 2.05) is 0 Å². The average Bonchev–Trinajstić information content (AvgIpc) is 2.41. The van der Waals surface area contributed by atoms with Gasteiger partial charge in [0.1, 0.15) is 5.78 Å². The fourth-order valence-electron chi connectivity index (χ4n) is 2.05. The Balaban J connectivity index is 2.70. The molecule has 1 saturated heterocycles. The van der Waals surface area contributed by atoms with Crippen LogP contribution in [0.1, 0.15) is 13.3 Å². The van der Waals surface area contributed by atoms with Gasteiger partial charge in [0.2, 0.25) is 5.91 Å². The van der Waals surface area contributed by atoms with E-state index < -0.39 is 12.0 Å². The van der Waals surface area contributed by atoms with E-state index in [1.54, 1.807) is 7.05 Å². The monoisotopic (exact) mass is 228 g/mol. The highest BCUT2D eigenvalue weighted by Crippen LogP contribution is 2.21. The van der Waals surface area contributed by atoms with Crippen molar-refractivity contribution in [2.45, 2.75) is 19.4 Å². The fourth-order valence-corrected chi connectivity index (χ4v) is 2.05. The van der Waals surface area contributed by atoms with E-state index in [9.17, 15) is 14.4 Å². The van der Waals surface area contributed by atoms with E-state index in [-0.39, 0.29) is 30.6 Å². The maximum atomic E-state index is 11.8. The molecule has 0 aromatic heterocycles. The normalized spacial score (nSPS) is 24.9. The van der Waals surface area contributed by atoms with Crippen LogP contribution in [-0.4, -0.2) is 53.8 Å². The van der Waals surface area contributed by atoms with E-state index in [2.05, 4.69) is 5.32 Å². The Bertz CT molecular complexity index is 316. The Morgan fingerprint density at radius 1 is 1.56 bits per heavy atom. The number of amides is 1. The van der Waals surface area contributed by atoms with E-state index in [1.165, 1.54) is 11.8 Å². The molecule has 0 aromatic carbocycles. The Labute approximate surface area is 93.6 Å². The summed E-state index contributed by atoms with van der Waals surface area (Å²) in [5.41, 5.74) is 0. The molecule has 0 spiro atoms. The molecule has 6 nitrogen and oxygen atoms in total. The minimum atomic E-state index is -0.928. The molecule has 0 bridgehead atoms. The van der Waals surface area contributed by atoms with Gasteiger partial charge in [0.25, 0.3) is 0 Å². The van der Waals surface area contributed by atoms with Crippen molar-refractivity contribution in [3.63, 3.8) is 0 Å². The third kappa shape index (κ3) is 2.79. The van der Waals surface area contributed by atoms with Gasteiger partial charge in [-0.3, -0.25) is 14.4 Å². The van der Waals surface area contributed by atoms with E-state index >= 15 is 0 Å². The molecule has 6 heteroatoms. The first-order valence-electron chi connectivity index (χ1n) is 5.13. The molecule has 0 aromatic rings. The van der Waals surface area contributed by atoms with Crippen molar-refractivity contribution in [3.05, 3.63) is 0 Å². The molecule has 1 amide bonds. The summed E-state index contributed by atoms with van der Waals surface area (Å²) in [6, 6.07) is -0.490. The summed E-state index contributed by atoms with van der Waals surface area (Å²) in [6.45, 7) is 1.80. The van der Waals surface area contributed by atoms with Gasteiger partial charge in [-0.1, -0.05) is 0 Å². The number of hydrogen-bond donors (Lipinski definition) is 2. The minimum Gasteiger partial charge on any atom is -0.481 e. The van der Waals surface area contributed by atoms with Crippen LogP contribution >= 0.6 is 0 Å². The van der Waals surface area contributed by atoms with Crippen molar-refractivity contribution in [2.75, 3.05) is 20.1 Å². The van der Waals surface area contributed by atoms with Crippen LogP contribution in [0.3, 0.4) is 0 Å². The number of carboxylic acids is 1. The highest BCUT2D eigenvalue weighted by molar-refractivity contribution is 5.89. The number of aliphatic carboxylic acids is 1. The van der Waals surface area contributed by atoms with Crippen molar-refractivity contribution in [1.82, 2.24) is 10.2 Å². The lowest BCUT2D eigenvalue weighted by Crippen LogP contribution is -2.40. The van der Waals surface area contributed by atoms with E-state index in [0.717, 1.165) is 0 Å². The maximum absolute atomic E-state index is 11.8. The molecule has 1 rings (SSSR count). The van der Waals surface area contributed by atoms with Crippen LogP contribution in [0.2, 0.25) is 0 Å². The summed E-state index contributed by atoms with van der Waals surface area (Å²) in [5.74, 6) is -1.49. The largest absolute Gasteiger partial charge is 0.481 e. The van der Waals surface area contributed by atoms with Crippen LogP contribution in [-0.2, 0) is 14.4 Å². The Morgan fingerprint density at radius 2 is 2.19 bits per heavy atom. The molecule has 0 aliphatic carbocycles. The smallest absolute Gasteiger partial charge is 0.303 e. The van der Waals surface area contributed by atoms with Crippen molar-refractivity contribution >= 4 is 17.7 Å². The Hall–Kier alpha value is -1.43. The highest BCUT2D eigenvalue weighted by Gasteiger charge is 2.40. The van der Waals surface area contributed by atoms with Crippen molar-refractivity contribution in [3.8, 4) is 0 Å². The number of likely N-dealkylation sites (tertiary alicyclic amines) is 1. The zero-order chi connectivity index (χ0) is 12.3. The average molecular weight is 228 g/mol. The van der Waals surface area contributed by atoms with Crippen LogP contribution in [0.4, 0.5) is 0 Å². The number of ketones is 1. The summed E-state index contributed by atoms with van der Waals surface area (Å²) in [5, 5.41) is 11.5. The molecule has 1 heterocycles. The number of rotatable bonds is 5. The summed E-state index contributed by atoms with van der Waals surface area (Å²) in [7, 11) is 1.62. The number of hydrogen-bond acceptors (Lipinski definition) is 4. The second kappa shape index (κ2) is 5.07. The minimum absolute atomic E-state index is 0.0626. The SMILES string of the molecule is CNC1C(=O)N(CC(C)=O)CC1CC(=O)O. The molecule has 1 aliphatic rings. The van der Waals surface area contributed by atoms with Gasteiger partial charge < -0.3 is 15.3 Å². The second-order valence-electron chi connectivity index (χ2n) is 4.05. The number of likely N-dealkylation sites (N-methyl/N-ethyl adjacent to an activating group) is 1. The van der Waals surface area contributed by atoms with Crippen LogP contribution in [0, 0.1) is 5.92 Å². The van der Waals surface area contributed by atoms with Crippen molar-refractivity contribution < 1.29 is 19.5 Å². The van der Waals surface area contributed by atoms with Gasteiger partial charge in [0.05, 0.1) is 19.0 Å². The predicted molar refractivity (Wildman–Crippen MR) is 55.9 cm³/mol. The molecule has 0 radical (unpaired) electrons. The van der Waals surface area contributed by atoms with Gasteiger partial charge in [0.15, 0.2) is 0 Å². The molecule has 2 unspecified atom stereocenters. The van der Waals surface area contributed by atoms with Crippen molar-refractivity contribution in [1.29, 1.82) is 0 Å². The number of nitrogens with one attached hydrogen (secondary N) is 1. The third-order valence-corrected chi connectivity index (χ3v) is 2.67. The van der Waals surface area contributed by atoms with Gasteiger partial charge >= 0.3 is 5.97 Å². The zero-order valence-corrected chi connectivity index (χ0v) is 9.40. The summed E-state index contributed by atoms with van der Waals surface area (Å²) >= 11 is 0. The van der Waals surface area contributed by atoms with Crippen molar-refractivity contribution in [2.24, 2.45) is 5.92 Å². The molecule has 1 aliphatic heterocycles. The Kier molecular flexibility index (Phi) is 4.00. The molecule has 2 N–H and O–H groups in total. The maximum Gasteiger partial charge on any atom is 0.303 e. The number of Topliss-reactive ketones (excluding diaryl/α,β-unsaturated/α-hetero) is 1. The molecule has 90 valence electrons. The first-order chi connectivity index (χ1) is 7.45. The van der Waals surface area contributed by atoms with Gasteiger partial charge in [-0.05, 0) is 14.0 Å². The first-order valence-corrected chi connectivity index (χ1v) is 5.13. The van der Waals surface area contributed by atoms with E-state index in [4.69, 9.17) is 5.11 Å². The molecule has 1 fully saturated rings. The zero-order valence-electron chi connectivity index (χ0n) is 9.40. The van der Waals surface area contributed by atoms with Crippen LogP contribution in [0.15, 0.2) is 0 Å². The van der Waals surface area contributed by atoms with Gasteiger partial charge in [-0.15, -0.1) is 0 Å². The number of nitrogens with zero attached hydrogens (tertiary/aromatic N) is 1. The number of carboxylic acid groups (broad SMARTS) is 1. The third-order valence-electron chi connectivity index (χ3n) is 2.67. The lowest BCUT2D eigenvalue weighted by molar-refractivity contribution is -0.138. The quantitative estimate of drug-likeness (QED) is 0.636. The topological polar surface area (TPSA) is 86.7 Å². The van der Waals surface area contributed by atoms with Gasteiger partial charge in [-0.25, -0.2) is 0 Å². The van der Waals surface area contributed by atoms with Crippen LogP contribution in [0.5, 0.6) is 0 Å². The molecule has 16 heavy (non-hydrogen) atoms. The van der Waals surface area contributed by atoms with E-state index in [0.29, 0.717) is 6.54 Å². The van der Waals surface area contributed by atoms with Crippen LogP contribution in [0.25, 0.3) is 0 Å². The molecular weight excluding hydrogens is 212 g/mol. The number of carbonyl (C=O) groups excluding carboxylic acids is 2. The predicted octanol–water partition coefficient (Wildman–Crippen LogP) is -0.903. The lowest BCUT2D eigenvalue weighted by Gasteiger charge is -2.13. The fraction of sp³-hybridized carbons (Fsp3) is 0.700. The molecular formula is C10H16N2O4. The van der Waals surface area contributed by atoms with Gasteiger partial charge in [0, 0.05) is 12.5 Å². The number of carbonyl (C=O) groups is 3. The molecule has 0 saturated carbocycles. The lowest BCUT2D eigenvalue weighted by atomic mass is 10.00. The summed E-state index contributed by atoms with van der Waals surface area (Å²) in [4.78, 5) is 34.8. The first kappa shape index (κ1) is 12.6. The summed E-state index contributed by atoms with van der Waals surface area (Å²) in [6.07, 6.45) is -0.0638. The standard InChI is InChI=1S/C10H16N2O4/c1-6(13)4-12-5-7(3-8(14)15)9(11-2)10(12)16/h7,9,11H,3-5H2,1-2H3,(H,14,15). The summed E-state index contributed by atoms with van der Waals surface area (Å²) < 4.78 is 0. The second-order valence-corrected chi connectivity index (χ2v) is 4.05. The van der Waals surface area contributed by atoms with Crippen LogP contribution < -0.4 is 5.32 Å². The van der Waals surface area contributed by atoms with Gasteiger partial charge in [-0.2, -0.15) is 0 Å².